The van der Waals surface area contributed by atoms with Crippen LogP contribution in [0.4, 0.5) is 5.69 Å². The van der Waals surface area contributed by atoms with Crippen LogP contribution >= 0.6 is 11.3 Å². The maximum atomic E-state index is 10.7. The number of aromatic nitrogens is 2. The molecule has 2 heterocycles. The standard InChI is InChI=1S/C17H15N3O2S/c1-2-3-12-8-9-18-10-15(12)17-19-16(11-23-17)13-4-6-14(7-5-13)20(21)22/h4-11H,2-3H2,1H3. The van der Waals surface area contributed by atoms with E-state index in [1.807, 2.05) is 17.6 Å². The molecule has 0 bridgehead atoms. The summed E-state index contributed by atoms with van der Waals surface area (Å²) < 4.78 is 0. The lowest BCUT2D eigenvalue weighted by Crippen LogP contribution is -1.90. The van der Waals surface area contributed by atoms with Crippen molar-refractivity contribution < 1.29 is 4.92 Å². The van der Waals surface area contributed by atoms with E-state index in [0.29, 0.717) is 0 Å². The molecule has 0 N–H and O–H groups in total. The van der Waals surface area contributed by atoms with Crippen molar-refractivity contribution in [1.29, 1.82) is 0 Å². The van der Waals surface area contributed by atoms with Crippen molar-refractivity contribution in [1.82, 2.24) is 9.97 Å². The number of pyridine rings is 1. The van der Waals surface area contributed by atoms with Gasteiger partial charge in [-0.05, 0) is 30.2 Å². The smallest absolute Gasteiger partial charge is 0.264 e. The third-order valence-corrected chi connectivity index (χ3v) is 4.41. The highest BCUT2D eigenvalue weighted by Gasteiger charge is 2.11. The Hall–Kier alpha value is -2.60. The summed E-state index contributed by atoms with van der Waals surface area (Å²) in [6, 6.07) is 8.49. The predicted molar refractivity (Wildman–Crippen MR) is 91.4 cm³/mol. The largest absolute Gasteiger partial charge is 0.269 e. The Balaban J connectivity index is 1.93. The number of rotatable bonds is 5. The van der Waals surface area contributed by atoms with Crippen molar-refractivity contribution in [3.05, 3.63) is 63.8 Å². The van der Waals surface area contributed by atoms with Gasteiger partial charge in [0.25, 0.3) is 5.69 Å². The van der Waals surface area contributed by atoms with Gasteiger partial charge in [-0.15, -0.1) is 11.3 Å². The zero-order valence-electron chi connectivity index (χ0n) is 12.6. The first-order chi connectivity index (χ1) is 11.2. The number of benzene rings is 1. The third-order valence-electron chi connectivity index (χ3n) is 3.54. The molecule has 23 heavy (non-hydrogen) atoms. The molecule has 5 nitrogen and oxygen atoms in total. The lowest BCUT2D eigenvalue weighted by Gasteiger charge is -2.04. The minimum atomic E-state index is -0.400. The van der Waals surface area contributed by atoms with Gasteiger partial charge in [-0.1, -0.05) is 13.3 Å². The Morgan fingerprint density at radius 1 is 1.22 bits per heavy atom. The van der Waals surface area contributed by atoms with Gasteiger partial charge in [0, 0.05) is 41.0 Å². The van der Waals surface area contributed by atoms with Gasteiger partial charge in [-0.25, -0.2) is 4.98 Å². The van der Waals surface area contributed by atoms with Gasteiger partial charge in [0.2, 0.25) is 0 Å². The van der Waals surface area contributed by atoms with Crippen LogP contribution in [-0.4, -0.2) is 14.9 Å². The molecule has 3 aromatic rings. The highest BCUT2D eigenvalue weighted by molar-refractivity contribution is 7.13. The minimum Gasteiger partial charge on any atom is -0.264 e. The summed E-state index contributed by atoms with van der Waals surface area (Å²) in [6.45, 7) is 2.15. The Morgan fingerprint density at radius 3 is 2.70 bits per heavy atom. The van der Waals surface area contributed by atoms with E-state index in [1.165, 1.54) is 17.7 Å². The van der Waals surface area contributed by atoms with Crippen LogP contribution in [0.2, 0.25) is 0 Å². The zero-order valence-corrected chi connectivity index (χ0v) is 13.4. The van der Waals surface area contributed by atoms with Crippen molar-refractivity contribution in [3.63, 3.8) is 0 Å². The average Bonchev–Trinajstić information content (AvgIpc) is 3.05. The second-order valence-corrected chi connectivity index (χ2v) is 5.98. The number of nitrogens with zero attached hydrogens (tertiary/aromatic N) is 3. The molecule has 3 rings (SSSR count). The van der Waals surface area contributed by atoms with E-state index in [-0.39, 0.29) is 5.69 Å². The average molecular weight is 325 g/mol. The molecule has 6 heteroatoms. The van der Waals surface area contributed by atoms with Gasteiger partial charge >= 0.3 is 0 Å². The summed E-state index contributed by atoms with van der Waals surface area (Å²) in [7, 11) is 0. The van der Waals surface area contributed by atoms with Crippen molar-refractivity contribution in [2.45, 2.75) is 19.8 Å². The van der Waals surface area contributed by atoms with E-state index in [9.17, 15) is 10.1 Å². The number of aryl methyl sites for hydroxylation is 1. The van der Waals surface area contributed by atoms with Crippen LogP contribution in [0.25, 0.3) is 21.8 Å². The number of nitro benzene ring substituents is 1. The highest BCUT2D eigenvalue weighted by atomic mass is 32.1. The Labute approximate surface area is 137 Å². The van der Waals surface area contributed by atoms with E-state index in [0.717, 1.165) is 34.7 Å². The predicted octanol–water partition coefficient (Wildman–Crippen LogP) is 4.73. The normalized spacial score (nSPS) is 10.7. The third kappa shape index (κ3) is 3.27. The van der Waals surface area contributed by atoms with E-state index < -0.39 is 4.92 Å². The molecule has 0 unspecified atom stereocenters. The molecule has 0 aliphatic carbocycles. The first-order valence-electron chi connectivity index (χ1n) is 7.32. The highest BCUT2D eigenvalue weighted by Crippen LogP contribution is 2.31. The van der Waals surface area contributed by atoms with E-state index in [1.54, 1.807) is 29.7 Å². The molecule has 0 atom stereocenters. The van der Waals surface area contributed by atoms with E-state index in [4.69, 9.17) is 0 Å². The van der Waals surface area contributed by atoms with Crippen LogP contribution in [0.15, 0.2) is 48.1 Å². The van der Waals surface area contributed by atoms with Crippen LogP contribution in [-0.2, 0) is 6.42 Å². The molecule has 116 valence electrons. The first-order valence-corrected chi connectivity index (χ1v) is 8.20. The molecule has 0 saturated carbocycles. The summed E-state index contributed by atoms with van der Waals surface area (Å²) in [4.78, 5) is 19.2. The van der Waals surface area contributed by atoms with Gasteiger partial charge < -0.3 is 0 Å². The molecule has 0 amide bonds. The molecule has 0 spiro atoms. The molecule has 0 fully saturated rings. The summed E-state index contributed by atoms with van der Waals surface area (Å²) in [5.74, 6) is 0. The molecule has 2 aromatic heterocycles. The molecule has 0 saturated heterocycles. The molecular formula is C17H15N3O2S. The summed E-state index contributed by atoms with van der Waals surface area (Å²) in [5, 5.41) is 13.6. The SMILES string of the molecule is CCCc1ccncc1-c1nc(-c2ccc([N+](=O)[O-])cc2)cs1. The number of non-ortho nitro benzene ring substituents is 1. The molecule has 1 aromatic carbocycles. The lowest BCUT2D eigenvalue weighted by atomic mass is 10.1. The molecular weight excluding hydrogens is 310 g/mol. The lowest BCUT2D eigenvalue weighted by molar-refractivity contribution is -0.384. The van der Waals surface area contributed by atoms with E-state index >= 15 is 0 Å². The van der Waals surface area contributed by atoms with Gasteiger partial charge in [0.15, 0.2) is 0 Å². The minimum absolute atomic E-state index is 0.0849. The Morgan fingerprint density at radius 2 is 2.00 bits per heavy atom. The van der Waals surface area contributed by atoms with Crippen molar-refractivity contribution in [2.75, 3.05) is 0 Å². The number of hydrogen-bond donors (Lipinski definition) is 0. The molecule has 0 radical (unpaired) electrons. The van der Waals surface area contributed by atoms with Crippen molar-refractivity contribution in [3.8, 4) is 21.8 Å². The Bertz CT molecular complexity index is 828. The monoisotopic (exact) mass is 325 g/mol. The number of hydrogen-bond acceptors (Lipinski definition) is 5. The summed E-state index contributed by atoms with van der Waals surface area (Å²) in [6.07, 6.45) is 5.71. The fourth-order valence-electron chi connectivity index (χ4n) is 2.39. The number of thiazole rings is 1. The second-order valence-electron chi connectivity index (χ2n) is 5.12. The summed E-state index contributed by atoms with van der Waals surface area (Å²) >= 11 is 1.56. The summed E-state index contributed by atoms with van der Waals surface area (Å²) in [5.41, 5.74) is 4.09. The fourth-order valence-corrected chi connectivity index (χ4v) is 3.26. The van der Waals surface area contributed by atoms with E-state index in [2.05, 4.69) is 16.9 Å². The zero-order chi connectivity index (χ0) is 16.2. The maximum Gasteiger partial charge on any atom is 0.269 e. The molecule has 0 aliphatic heterocycles. The quantitative estimate of drug-likeness (QED) is 0.502. The van der Waals surface area contributed by atoms with Gasteiger partial charge in [0.1, 0.15) is 5.01 Å². The topological polar surface area (TPSA) is 68.9 Å². The first kappa shape index (κ1) is 15.3. The van der Waals surface area contributed by atoms with Crippen LogP contribution in [0, 0.1) is 10.1 Å². The maximum absolute atomic E-state index is 10.7. The van der Waals surface area contributed by atoms with Crippen LogP contribution in [0.1, 0.15) is 18.9 Å². The van der Waals surface area contributed by atoms with Crippen molar-refractivity contribution >= 4 is 17.0 Å². The Kier molecular flexibility index (Phi) is 4.43. The van der Waals surface area contributed by atoms with Crippen LogP contribution < -0.4 is 0 Å². The van der Waals surface area contributed by atoms with Crippen LogP contribution in [0.5, 0.6) is 0 Å². The molecule has 0 aliphatic rings. The van der Waals surface area contributed by atoms with Gasteiger partial charge in [0.05, 0.1) is 10.6 Å². The van der Waals surface area contributed by atoms with Crippen LogP contribution in [0.3, 0.4) is 0 Å². The number of nitro groups is 1. The fraction of sp³-hybridized carbons (Fsp3) is 0.176. The second kappa shape index (κ2) is 6.66. The van der Waals surface area contributed by atoms with Gasteiger partial charge in [-0.2, -0.15) is 0 Å². The van der Waals surface area contributed by atoms with Gasteiger partial charge in [-0.3, -0.25) is 15.1 Å². The van der Waals surface area contributed by atoms with Crippen molar-refractivity contribution in [2.24, 2.45) is 0 Å².